The van der Waals surface area contributed by atoms with E-state index in [0.717, 1.165) is 17.5 Å². The quantitative estimate of drug-likeness (QED) is 0.485. The molecule has 0 spiro atoms. The number of aromatic carboxylic acids is 1. The van der Waals surface area contributed by atoms with Gasteiger partial charge in [0.15, 0.2) is 0 Å². The van der Waals surface area contributed by atoms with Crippen molar-refractivity contribution in [2.75, 3.05) is 0 Å². The Balaban J connectivity index is 1.69. The predicted octanol–water partition coefficient (Wildman–Crippen LogP) is 6.98. The minimum Gasteiger partial charge on any atom is -0.478 e. The molecule has 1 aliphatic rings. The number of benzene rings is 3. The minimum absolute atomic E-state index is 0.110. The standard InChI is InChI=1S/C28H26O2/c1-19-4-11-22(12-5-19)24-16-17-28(2,3)26-15-10-21(18-25(24)26)7-6-20-8-13-23(14-9-20)27(29)30/h4-16,18H,17H2,1-3H3,(H,29,30)/b7-6+. The molecule has 2 heteroatoms. The molecule has 0 saturated carbocycles. The molecule has 0 radical (unpaired) electrons. The van der Waals surface area contributed by atoms with Crippen LogP contribution in [-0.2, 0) is 5.41 Å². The zero-order valence-electron chi connectivity index (χ0n) is 17.6. The zero-order chi connectivity index (χ0) is 21.3. The molecule has 2 nitrogen and oxygen atoms in total. The van der Waals surface area contributed by atoms with Gasteiger partial charge in [-0.1, -0.05) is 86.2 Å². The first-order valence-corrected chi connectivity index (χ1v) is 10.3. The van der Waals surface area contributed by atoms with Crippen LogP contribution >= 0.6 is 0 Å². The van der Waals surface area contributed by atoms with Crippen LogP contribution in [0.15, 0.2) is 72.8 Å². The Labute approximate surface area is 178 Å². The highest BCUT2D eigenvalue weighted by atomic mass is 16.4. The Morgan fingerprint density at radius 2 is 1.53 bits per heavy atom. The summed E-state index contributed by atoms with van der Waals surface area (Å²) in [5.74, 6) is -0.904. The van der Waals surface area contributed by atoms with Gasteiger partial charge in [0.1, 0.15) is 0 Å². The van der Waals surface area contributed by atoms with Crippen LogP contribution in [-0.4, -0.2) is 11.1 Å². The SMILES string of the molecule is Cc1ccc(C2=CCC(C)(C)c3ccc(/C=C/c4ccc(C(=O)O)cc4)cc32)cc1. The fourth-order valence-electron chi connectivity index (χ4n) is 3.99. The molecule has 0 atom stereocenters. The molecule has 0 amide bonds. The van der Waals surface area contributed by atoms with Crippen LogP contribution in [0.1, 0.15) is 64.0 Å². The molecule has 3 aromatic carbocycles. The molecule has 0 heterocycles. The molecular weight excluding hydrogens is 368 g/mol. The number of allylic oxidation sites excluding steroid dienone is 1. The summed E-state index contributed by atoms with van der Waals surface area (Å²) < 4.78 is 0. The lowest BCUT2D eigenvalue weighted by Crippen LogP contribution is -2.21. The molecule has 0 unspecified atom stereocenters. The Morgan fingerprint density at radius 3 is 2.20 bits per heavy atom. The third kappa shape index (κ3) is 3.99. The van der Waals surface area contributed by atoms with Crippen LogP contribution in [0.3, 0.4) is 0 Å². The normalized spacial score (nSPS) is 15.0. The summed E-state index contributed by atoms with van der Waals surface area (Å²) in [6, 6.07) is 22.4. The number of hydrogen-bond donors (Lipinski definition) is 1. The second-order valence-corrected chi connectivity index (χ2v) is 8.64. The first-order chi connectivity index (χ1) is 14.3. The summed E-state index contributed by atoms with van der Waals surface area (Å²) in [6.45, 7) is 6.71. The van der Waals surface area contributed by atoms with Crippen molar-refractivity contribution in [2.24, 2.45) is 0 Å². The number of carboxylic acids is 1. The number of rotatable bonds is 4. The maximum Gasteiger partial charge on any atom is 0.335 e. The highest BCUT2D eigenvalue weighted by Gasteiger charge is 2.28. The zero-order valence-corrected chi connectivity index (χ0v) is 17.6. The maximum absolute atomic E-state index is 11.0. The summed E-state index contributed by atoms with van der Waals surface area (Å²) >= 11 is 0. The van der Waals surface area contributed by atoms with Crippen molar-refractivity contribution >= 4 is 23.7 Å². The fourth-order valence-corrected chi connectivity index (χ4v) is 3.99. The van der Waals surface area contributed by atoms with Crippen LogP contribution in [0.2, 0.25) is 0 Å². The van der Waals surface area contributed by atoms with E-state index in [1.54, 1.807) is 12.1 Å². The van der Waals surface area contributed by atoms with E-state index in [0.29, 0.717) is 5.56 Å². The van der Waals surface area contributed by atoms with Gasteiger partial charge in [-0.2, -0.15) is 0 Å². The summed E-state index contributed by atoms with van der Waals surface area (Å²) in [7, 11) is 0. The topological polar surface area (TPSA) is 37.3 Å². The van der Waals surface area contributed by atoms with Crippen molar-refractivity contribution in [3.05, 3.63) is 112 Å². The van der Waals surface area contributed by atoms with Gasteiger partial charge in [-0.25, -0.2) is 4.79 Å². The molecule has 30 heavy (non-hydrogen) atoms. The lowest BCUT2D eigenvalue weighted by atomic mass is 9.72. The molecule has 0 saturated heterocycles. The average Bonchev–Trinajstić information content (AvgIpc) is 2.73. The molecule has 150 valence electrons. The number of carbonyl (C=O) groups is 1. The molecule has 1 N–H and O–H groups in total. The average molecular weight is 395 g/mol. The van der Waals surface area contributed by atoms with Crippen molar-refractivity contribution in [1.82, 2.24) is 0 Å². The first kappa shape index (κ1) is 19.9. The van der Waals surface area contributed by atoms with E-state index in [9.17, 15) is 4.79 Å². The van der Waals surface area contributed by atoms with E-state index in [2.05, 4.69) is 75.4 Å². The van der Waals surface area contributed by atoms with Gasteiger partial charge in [-0.15, -0.1) is 0 Å². The summed E-state index contributed by atoms with van der Waals surface area (Å²) in [6.07, 6.45) is 7.50. The van der Waals surface area contributed by atoms with Crippen molar-refractivity contribution < 1.29 is 9.90 Å². The highest BCUT2D eigenvalue weighted by Crippen LogP contribution is 2.41. The monoisotopic (exact) mass is 394 g/mol. The van der Waals surface area contributed by atoms with Gasteiger partial charge in [0.05, 0.1) is 5.56 Å². The Morgan fingerprint density at radius 1 is 0.900 bits per heavy atom. The van der Waals surface area contributed by atoms with Crippen molar-refractivity contribution in [3.63, 3.8) is 0 Å². The second-order valence-electron chi connectivity index (χ2n) is 8.64. The molecule has 1 aliphatic carbocycles. The van der Waals surface area contributed by atoms with Crippen LogP contribution < -0.4 is 0 Å². The molecule has 3 aromatic rings. The fraction of sp³-hybridized carbons (Fsp3) is 0.179. The van der Waals surface area contributed by atoms with E-state index < -0.39 is 5.97 Å². The Bertz CT molecular complexity index is 1140. The van der Waals surface area contributed by atoms with Crippen LogP contribution in [0.25, 0.3) is 17.7 Å². The van der Waals surface area contributed by atoms with Crippen molar-refractivity contribution in [2.45, 2.75) is 32.6 Å². The minimum atomic E-state index is -0.904. The van der Waals surface area contributed by atoms with Gasteiger partial charge in [-0.3, -0.25) is 0 Å². The summed E-state index contributed by atoms with van der Waals surface area (Å²) in [5, 5.41) is 9.05. The largest absolute Gasteiger partial charge is 0.478 e. The Kier molecular flexibility index (Phi) is 5.17. The molecule has 0 fully saturated rings. The van der Waals surface area contributed by atoms with Crippen LogP contribution in [0, 0.1) is 6.92 Å². The van der Waals surface area contributed by atoms with Gasteiger partial charge in [0.25, 0.3) is 0 Å². The van der Waals surface area contributed by atoms with Gasteiger partial charge < -0.3 is 5.11 Å². The number of aryl methyl sites for hydroxylation is 1. The maximum atomic E-state index is 11.0. The lowest BCUT2D eigenvalue weighted by molar-refractivity contribution is 0.0697. The van der Waals surface area contributed by atoms with Crippen molar-refractivity contribution in [3.8, 4) is 0 Å². The summed E-state index contributed by atoms with van der Waals surface area (Å²) in [4.78, 5) is 11.0. The van der Waals surface area contributed by atoms with E-state index in [1.807, 2.05) is 18.2 Å². The van der Waals surface area contributed by atoms with Crippen LogP contribution in [0.5, 0.6) is 0 Å². The molecule has 4 rings (SSSR count). The first-order valence-electron chi connectivity index (χ1n) is 10.3. The molecule has 0 bridgehead atoms. The van der Waals surface area contributed by atoms with Crippen LogP contribution in [0.4, 0.5) is 0 Å². The third-order valence-electron chi connectivity index (χ3n) is 5.87. The number of hydrogen-bond acceptors (Lipinski definition) is 1. The predicted molar refractivity (Wildman–Crippen MR) is 125 cm³/mol. The molecule has 0 aromatic heterocycles. The second kappa shape index (κ2) is 7.79. The van der Waals surface area contributed by atoms with Gasteiger partial charge in [0, 0.05) is 0 Å². The van der Waals surface area contributed by atoms with E-state index in [-0.39, 0.29) is 5.41 Å². The molecular formula is C28H26O2. The smallest absolute Gasteiger partial charge is 0.335 e. The van der Waals surface area contributed by atoms with Gasteiger partial charge in [0.2, 0.25) is 0 Å². The van der Waals surface area contributed by atoms with Gasteiger partial charge in [-0.05, 0) is 70.3 Å². The van der Waals surface area contributed by atoms with E-state index >= 15 is 0 Å². The third-order valence-corrected chi connectivity index (χ3v) is 5.87. The lowest BCUT2D eigenvalue weighted by Gasteiger charge is -2.32. The summed E-state index contributed by atoms with van der Waals surface area (Å²) in [5.41, 5.74) is 9.00. The van der Waals surface area contributed by atoms with E-state index in [1.165, 1.54) is 27.8 Å². The molecule has 0 aliphatic heterocycles. The highest BCUT2D eigenvalue weighted by molar-refractivity contribution is 5.88. The number of carboxylic acid groups (broad SMARTS) is 1. The Hall–Kier alpha value is -3.39. The number of fused-ring (bicyclic) bond motifs is 1. The van der Waals surface area contributed by atoms with Gasteiger partial charge >= 0.3 is 5.97 Å². The van der Waals surface area contributed by atoms with Crippen molar-refractivity contribution in [1.29, 1.82) is 0 Å². The van der Waals surface area contributed by atoms with E-state index in [4.69, 9.17) is 5.11 Å².